The summed E-state index contributed by atoms with van der Waals surface area (Å²) in [5.41, 5.74) is 1.11. The third-order valence-electron chi connectivity index (χ3n) is 2.95. The van der Waals surface area contributed by atoms with Gasteiger partial charge in [0.1, 0.15) is 5.82 Å². The first-order valence-corrected chi connectivity index (χ1v) is 6.51. The van der Waals surface area contributed by atoms with E-state index in [0.717, 1.165) is 24.8 Å². The van der Waals surface area contributed by atoms with Crippen LogP contribution in [0.2, 0.25) is 5.02 Å². The van der Waals surface area contributed by atoms with Crippen molar-refractivity contribution in [3.05, 3.63) is 34.6 Å². The van der Waals surface area contributed by atoms with Crippen LogP contribution in [-0.4, -0.2) is 0 Å². The summed E-state index contributed by atoms with van der Waals surface area (Å²) in [6.07, 6.45) is 5.82. The maximum atomic E-state index is 13.0. The summed E-state index contributed by atoms with van der Waals surface area (Å²) in [5.74, 6) is 0.234. The molecule has 0 aliphatic carbocycles. The standard InChI is InChI=1S/C14H20ClF/c1-3-5-7-11(6-4-2)13-9-8-12(16)10-14(13)15/h8-11H,3-7H2,1-2H3. The van der Waals surface area contributed by atoms with Crippen LogP contribution in [0.1, 0.15) is 57.4 Å². The Kier molecular flexibility index (Phi) is 5.83. The summed E-state index contributed by atoms with van der Waals surface area (Å²) in [6.45, 7) is 4.37. The SMILES string of the molecule is CCCCC(CCC)c1ccc(F)cc1Cl. The van der Waals surface area contributed by atoms with Crippen LogP contribution in [0.3, 0.4) is 0 Å². The molecule has 1 rings (SSSR count). The molecule has 0 fully saturated rings. The lowest BCUT2D eigenvalue weighted by molar-refractivity contribution is 0.539. The molecule has 0 saturated carbocycles. The molecule has 0 aliphatic heterocycles. The zero-order chi connectivity index (χ0) is 12.0. The van der Waals surface area contributed by atoms with E-state index in [4.69, 9.17) is 11.6 Å². The van der Waals surface area contributed by atoms with Crippen LogP contribution < -0.4 is 0 Å². The van der Waals surface area contributed by atoms with E-state index >= 15 is 0 Å². The third-order valence-corrected chi connectivity index (χ3v) is 3.27. The fraction of sp³-hybridized carbons (Fsp3) is 0.571. The molecule has 1 aromatic carbocycles. The minimum absolute atomic E-state index is 0.250. The van der Waals surface area contributed by atoms with Gasteiger partial charge in [0.05, 0.1) is 0 Å². The lowest BCUT2D eigenvalue weighted by Gasteiger charge is -2.17. The Labute approximate surface area is 103 Å². The predicted molar refractivity (Wildman–Crippen MR) is 68.6 cm³/mol. The van der Waals surface area contributed by atoms with Crippen molar-refractivity contribution in [1.82, 2.24) is 0 Å². The van der Waals surface area contributed by atoms with Crippen LogP contribution in [0.15, 0.2) is 18.2 Å². The fourth-order valence-corrected chi connectivity index (χ4v) is 2.41. The molecular weight excluding hydrogens is 223 g/mol. The number of hydrogen-bond donors (Lipinski definition) is 0. The number of unbranched alkanes of at least 4 members (excludes halogenated alkanes) is 1. The minimum atomic E-state index is -0.250. The van der Waals surface area contributed by atoms with E-state index in [1.165, 1.54) is 25.0 Å². The second-order valence-electron chi connectivity index (χ2n) is 4.29. The monoisotopic (exact) mass is 242 g/mol. The Balaban J connectivity index is 2.82. The highest BCUT2D eigenvalue weighted by Gasteiger charge is 2.13. The van der Waals surface area contributed by atoms with Gasteiger partial charge in [-0.25, -0.2) is 4.39 Å². The molecule has 16 heavy (non-hydrogen) atoms. The highest BCUT2D eigenvalue weighted by molar-refractivity contribution is 6.31. The molecule has 1 atom stereocenters. The van der Waals surface area contributed by atoms with Crippen molar-refractivity contribution in [1.29, 1.82) is 0 Å². The van der Waals surface area contributed by atoms with E-state index in [9.17, 15) is 4.39 Å². The van der Waals surface area contributed by atoms with Gasteiger partial charge in [-0.3, -0.25) is 0 Å². The summed E-state index contributed by atoms with van der Waals surface area (Å²) in [4.78, 5) is 0. The molecule has 0 amide bonds. The van der Waals surface area contributed by atoms with Crippen LogP contribution in [0.4, 0.5) is 4.39 Å². The van der Waals surface area contributed by atoms with Gasteiger partial charge in [-0.1, -0.05) is 50.8 Å². The zero-order valence-electron chi connectivity index (χ0n) is 10.1. The molecule has 0 saturated heterocycles. The van der Waals surface area contributed by atoms with Gasteiger partial charge >= 0.3 is 0 Å². The average Bonchev–Trinajstić information content (AvgIpc) is 2.25. The van der Waals surface area contributed by atoms with E-state index in [1.807, 2.05) is 6.07 Å². The molecular formula is C14H20ClF. The van der Waals surface area contributed by atoms with E-state index < -0.39 is 0 Å². The molecule has 1 unspecified atom stereocenters. The Morgan fingerprint density at radius 2 is 1.94 bits per heavy atom. The van der Waals surface area contributed by atoms with Crippen LogP contribution in [0.5, 0.6) is 0 Å². The summed E-state index contributed by atoms with van der Waals surface area (Å²) in [7, 11) is 0. The lowest BCUT2D eigenvalue weighted by Crippen LogP contribution is -2.00. The fourth-order valence-electron chi connectivity index (χ4n) is 2.09. The molecule has 0 radical (unpaired) electrons. The van der Waals surface area contributed by atoms with Crippen molar-refractivity contribution in [2.24, 2.45) is 0 Å². The normalized spacial score (nSPS) is 12.8. The van der Waals surface area contributed by atoms with E-state index in [2.05, 4.69) is 13.8 Å². The summed E-state index contributed by atoms with van der Waals surface area (Å²) < 4.78 is 13.0. The summed E-state index contributed by atoms with van der Waals surface area (Å²) >= 11 is 6.10. The molecule has 90 valence electrons. The second kappa shape index (κ2) is 6.90. The molecule has 0 heterocycles. The lowest BCUT2D eigenvalue weighted by atomic mass is 9.90. The van der Waals surface area contributed by atoms with E-state index in [-0.39, 0.29) is 5.82 Å². The molecule has 0 bridgehead atoms. The van der Waals surface area contributed by atoms with Gasteiger partial charge in [-0.15, -0.1) is 0 Å². The van der Waals surface area contributed by atoms with Gasteiger partial charge < -0.3 is 0 Å². The van der Waals surface area contributed by atoms with Crippen LogP contribution in [-0.2, 0) is 0 Å². The van der Waals surface area contributed by atoms with Crippen LogP contribution in [0.25, 0.3) is 0 Å². The number of benzene rings is 1. The quantitative estimate of drug-likeness (QED) is 0.613. The predicted octanol–water partition coefficient (Wildman–Crippen LogP) is 5.55. The molecule has 1 aromatic rings. The Hall–Kier alpha value is -0.560. The summed E-state index contributed by atoms with van der Waals surface area (Å²) in [6, 6.07) is 4.77. The average molecular weight is 243 g/mol. The van der Waals surface area contributed by atoms with E-state index in [1.54, 1.807) is 0 Å². The largest absolute Gasteiger partial charge is 0.207 e. The Morgan fingerprint density at radius 1 is 1.19 bits per heavy atom. The van der Waals surface area contributed by atoms with Crippen molar-refractivity contribution in [3.8, 4) is 0 Å². The van der Waals surface area contributed by atoms with Gasteiger partial charge in [0.2, 0.25) is 0 Å². The molecule has 2 heteroatoms. The number of hydrogen-bond acceptors (Lipinski definition) is 0. The first-order chi connectivity index (χ1) is 7.69. The first kappa shape index (κ1) is 13.5. The maximum absolute atomic E-state index is 13.0. The smallest absolute Gasteiger partial charge is 0.124 e. The highest BCUT2D eigenvalue weighted by Crippen LogP contribution is 2.32. The molecule has 0 N–H and O–H groups in total. The number of rotatable bonds is 6. The molecule has 0 aliphatic rings. The van der Waals surface area contributed by atoms with Crippen molar-refractivity contribution >= 4 is 11.6 Å². The minimum Gasteiger partial charge on any atom is -0.207 e. The Bertz CT molecular complexity index is 323. The summed E-state index contributed by atoms with van der Waals surface area (Å²) in [5, 5.41) is 0.578. The van der Waals surface area contributed by atoms with Crippen LogP contribution >= 0.6 is 11.6 Å². The van der Waals surface area contributed by atoms with Crippen molar-refractivity contribution < 1.29 is 4.39 Å². The van der Waals surface area contributed by atoms with E-state index in [0.29, 0.717) is 10.9 Å². The number of halogens is 2. The highest BCUT2D eigenvalue weighted by atomic mass is 35.5. The van der Waals surface area contributed by atoms with Gasteiger partial charge in [-0.2, -0.15) is 0 Å². The van der Waals surface area contributed by atoms with Crippen LogP contribution in [0, 0.1) is 5.82 Å². The topological polar surface area (TPSA) is 0 Å². The van der Waals surface area contributed by atoms with Crippen molar-refractivity contribution in [3.63, 3.8) is 0 Å². The molecule has 0 spiro atoms. The third kappa shape index (κ3) is 3.79. The maximum Gasteiger partial charge on any atom is 0.124 e. The molecule has 0 aromatic heterocycles. The van der Waals surface area contributed by atoms with Crippen molar-refractivity contribution in [2.75, 3.05) is 0 Å². The molecule has 0 nitrogen and oxygen atoms in total. The van der Waals surface area contributed by atoms with Gasteiger partial charge in [-0.05, 0) is 36.5 Å². The van der Waals surface area contributed by atoms with Crippen molar-refractivity contribution in [2.45, 2.75) is 51.9 Å². The van der Waals surface area contributed by atoms with Gasteiger partial charge in [0, 0.05) is 5.02 Å². The first-order valence-electron chi connectivity index (χ1n) is 6.14. The zero-order valence-corrected chi connectivity index (χ0v) is 10.9. The van der Waals surface area contributed by atoms with Gasteiger partial charge in [0.25, 0.3) is 0 Å². The Morgan fingerprint density at radius 3 is 2.50 bits per heavy atom. The van der Waals surface area contributed by atoms with Gasteiger partial charge in [0.15, 0.2) is 0 Å². The second-order valence-corrected chi connectivity index (χ2v) is 4.70.